The second-order valence-corrected chi connectivity index (χ2v) is 6.31. The van der Waals surface area contributed by atoms with E-state index in [0.29, 0.717) is 17.9 Å². The summed E-state index contributed by atoms with van der Waals surface area (Å²) in [7, 11) is 3.21. The van der Waals surface area contributed by atoms with Crippen molar-refractivity contribution in [2.75, 3.05) is 20.7 Å². The number of rotatable bonds is 6. The van der Waals surface area contributed by atoms with Crippen LogP contribution >= 0.6 is 15.9 Å². The molecule has 0 radical (unpaired) electrons. The van der Waals surface area contributed by atoms with Gasteiger partial charge in [-0.1, -0.05) is 15.9 Å². The van der Waals surface area contributed by atoms with Gasteiger partial charge in [0.05, 0.1) is 13.7 Å². The summed E-state index contributed by atoms with van der Waals surface area (Å²) in [6.45, 7) is 0.191. The van der Waals surface area contributed by atoms with Crippen molar-refractivity contribution >= 4 is 27.7 Å². The number of carbonyl (C=O) groups is 2. The first-order chi connectivity index (χ1) is 11.9. The standard InChI is InChI=1S/C18H18BrFN2O3/c1-22(11-13-9-14(19)5-8-16(13)25-2)17(23)10-21-18(24)12-3-6-15(20)7-4-12/h3-9H,10-11H2,1-2H3,(H,21,24). The maximum atomic E-state index is 12.9. The molecule has 0 saturated carbocycles. The summed E-state index contributed by atoms with van der Waals surface area (Å²) >= 11 is 3.39. The van der Waals surface area contributed by atoms with Gasteiger partial charge in [-0.3, -0.25) is 9.59 Å². The number of nitrogens with zero attached hydrogens (tertiary/aromatic N) is 1. The number of benzene rings is 2. The van der Waals surface area contributed by atoms with E-state index in [1.54, 1.807) is 14.2 Å². The summed E-state index contributed by atoms with van der Waals surface area (Å²) in [5.74, 6) is -0.423. The second kappa shape index (κ2) is 8.62. The molecule has 2 amide bonds. The largest absolute Gasteiger partial charge is 0.496 e. The van der Waals surface area contributed by atoms with Crippen LogP contribution in [0, 0.1) is 5.82 Å². The van der Waals surface area contributed by atoms with Crippen LogP contribution in [0.3, 0.4) is 0 Å². The van der Waals surface area contributed by atoms with Crippen LogP contribution < -0.4 is 10.1 Å². The van der Waals surface area contributed by atoms with Gasteiger partial charge >= 0.3 is 0 Å². The molecule has 2 aromatic carbocycles. The highest BCUT2D eigenvalue weighted by atomic mass is 79.9. The van der Waals surface area contributed by atoms with Gasteiger partial charge in [-0.15, -0.1) is 0 Å². The van der Waals surface area contributed by atoms with Crippen LogP contribution in [-0.2, 0) is 11.3 Å². The molecule has 0 saturated heterocycles. The van der Waals surface area contributed by atoms with Crippen molar-refractivity contribution in [2.24, 2.45) is 0 Å². The predicted octanol–water partition coefficient (Wildman–Crippen LogP) is 2.99. The van der Waals surface area contributed by atoms with Crippen molar-refractivity contribution in [3.05, 3.63) is 63.9 Å². The lowest BCUT2D eigenvalue weighted by molar-refractivity contribution is -0.129. The number of carbonyl (C=O) groups excluding carboxylic acids is 2. The molecule has 5 nitrogen and oxygen atoms in total. The Bertz CT molecular complexity index is 765. The number of halogens is 2. The molecule has 0 aliphatic heterocycles. The molecule has 1 N–H and O–H groups in total. The van der Waals surface area contributed by atoms with Gasteiger partial charge in [0.2, 0.25) is 5.91 Å². The van der Waals surface area contributed by atoms with Gasteiger partial charge < -0.3 is 15.0 Å². The smallest absolute Gasteiger partial charge is 0.251 e. The zero-order valence-corrected chi connectivity index (χ0v) is 15.5. The molecule has 0 heterocycles. The summed E-state index contributed by atoms with van der Waals surface area (Å²) < 4.78 is 19.0. The van der Waals surface area contributed by atoms with Crippen molar-refractivity contribution < 1.29 is 18.7 Å². The average molecular weight is 409 g/mol. The lowest BCUT2D eigenvalue weighted by Gasteiger charge is -2.19. The molecule has 0 fully saturated rings. The number of ether oxygens (including phenoxy) is 1. The molecular weight excluding hydrogens is 391 g/mol. The molecule has 25 heavy (non-hydrogen) atoms. The van der Waals surface area contributed by atoms with E-state index in [-0.39, 0.29) is 12.5 Å². The summed E-state index contributed by atoms with van der Waals surface area (Å²) in [6, 6.07) is 10.7. The molecule has 0 bridgehead atoms. The SMILES string of the molecule is COc1ccc(Br)cc1CN(C)C(=O)CNC(=O)c1ccc(F)cc1. The maximum Gasteiger partial charge on any atom is 0.251 e. The lowest BCUT2D eigenvalue weighted by Crippen LogP contribution is -2.37. The molecule has 2 rings (SSSR count). The first-order valence-corrected chi connectivity index (χ1v) is 8.30. The molecule has 0 spiro atoms. The van der Waals surface area contributed by atoms with Gasteiger partial charge in [0.1, 0.15) is 11.6 Å². The van der Waals surface area contributed by atoms with Crippen molar-refractivity contribution in [1.29, 1.82) is 0 Å². The van der Waals surface area contributed by atoms with Crippen LogP contribution in [0.5, 0.6) is 5.75 Å². The van der Waals surface area contributed by atoms with E-state index in [1.165, 1.54) is 29.2 Å². The Labute approximate surface area is 153 Å². The van der Waals surface area contributed by atoms with Gasteiger partial charge in [0.15, 0.2) is 0 Å². The van der Waals surface area contributed by atoms with Gasteiger partial charge in [-0.25, -0.2) is 4.39 Å². The maximum absolute atomic E-state index is 12.9. The van der Waals surface area contributed by atoms with Gasteiger partial charge in [-0.05, 0) is 42.5 Å². The Balaban J connectivity index is 1.93. The van der Waals surface area contributed by atoms with Crippen molar-refractivity contribution in [3.63, 3.8) is 0 Å². The Morgan fingerprint density at radius 3 is 2.52 bits per heavy atom. The number of methoxy groups -OCH3 is 1. The van der Waals surface area contributed by atoms with Crippen LogP contribution in [0.1, 0.15) is 15.9 Å². The lowest BCUT2D eigenvalue weighted by atomic mass is 10.2. The van der Waals surface area contributed by atoms with Gasteiger partial charge in [-0.2, -0.15) is 0 Å². The van der Waals surface area contributed by atoms with Gasteiger partial charge in [0, 0.05) is 29.2 Å². The molecule has 0 atom stereocenters. The van der Waals surface area contributed by atoms with Gasteiger partial charge in [0.25, 0.3) is 5.91 Å². The summed E-state index contributed by atoms with van der Waals surface area (Å²) in [6.07, 6.45) is 0. The van der Waals surface area contributed by atoms with Crippen LogP contribution in [-0.4, -0.2) is 37.4 Å². The normalized spacial score (nSPS) is 10.2. The number of nitrogens with one attached hydrogen (secondary N) is 1. The zero-order valence-electron chi connectivity index (χ0n) is 13.9. The molecule has 0 aliphatic rings. The highest BCUT2D eigenvalue weighted by Crippen LogP contribution is 2.24. The van der Waals surface area contributed by atoms with Crippen LogP contribution in [0.4, 0.5) is 4.39 Å². The summed E-state index contributed by atoms with van der Waals surface area (Å²) in [4.78, 5) is 25.7. The van der Waals surface area contributed by atoms with E-state index in [2.05, 4.69) is 21.2 Å². The van der Waals surface area contributed by atoms with Crippen molar-refractivity contribution in [3.8, 4) is 5.75 Å². The van der Waals surface area contributed by atoms with Crippen molar-refractivity contribution in [2.45, 2.75) is 6.54 Å². The molecule has 2 aromatic rings. The third kappa shape index (κ3) is 5.29. The molecule has 0 unspecified atom stereocenters. The average Bonchev–Trinajstić information content (AvgIpc) is 2.60. The van der Waals surface area contributed by atoms with E-state index >= 15 is 0 Å². The minimum Gasteiger partial charge on any atom is -0.496 e. The zero-order chi connectivity index (χ0) is 18.4. The van der Waals surface area contributed by atoms with Crippen LogP contribution in [0.25, 0.3) is 0 Å². The number of likely N-dealkylation sites (N-methyl/N-ethyl adjacent to an activating group) is 1. The predicted molar refractivity (Wildman–Crippen MR) is 95.9 cm³/mol. The topological polar surface area (TPSA) is 58.6 Å². The van der Waals surface area contributed by atoms with E-state index < -0.39 is 11.7 Å². The second-order valence-electron chi connectivity index (χ2n) is 5.40. The molecule has 7 heteroatoms. The third-order valence-electron chi connectivity index (χ3n) is 3.58. The fourth-order valence-corrected chi connectivity index (χ4v) is 2.62. The number of amides is 2. The highest BCUT2D eigenvalue weighted by molar-refractivity contribution is 9.10. The van der Waals surface area contributed by atoms with E-state index in [9.17, 15) is 14.0 Å². The fourth-order valence-electron chi connectivity index (χ4n) is 2.21. The van der Waals surface area contributed by atoms with Crippen LogP contribution in [0.2, 0.25) is 0 Å². The highest BCUT2D eigenvalue weighted by Gasteiger charge is 2.14. The fraction of sp³-hybridized carbons (Fsp3) is 0.222. The minimum atomic E-state index is -0.429. The Morgan fingerprint density at radius 1 is 1.20 bits per heavy atom. The first-order valence-electron chi connectivity index (χ1n) is 7.51. The first kappa shape index (κ1) is 18.9. The third-order valence-corrected chi connectivity index (χ3v) is 4.08. The summed E-state index contributed by atoms with van der Waals surface area (Å²) in [5.41, 5.74) is 1.14. The molecule has 0 aromatic heterocycles. The Morgan fingerprint density at radius 2 is 1.88 bits per heavy atom. The van der Waals surface area contributed by atoms with Crippen LogP contribution in [0.15, 0.2) is 46.9 Å². The summed E-state index contributed by atoms with van der Waals surface area (Å²) in [5, 5.41) is 2.53. The Kier molecular flexibility index (Phi) is 6.52. The number of hydrogen-bond acceptors (Lipinski definition) is 3. The van der Waals surface area contributed by atoms with E-state index in [1.807, 2.05) is 18.2 Å². The van der Waals surface area contributed by atoms with E-state index in [4.69, 9.17) is 4.74 Å². The quantitative estimate of drug-likeness (QED) is 0.798. The minimum absolute atomic E-state index is 0.150. The van der Waals surface area contributed by atoms with Crippen molar-refractivity contribution in [1.82, 2.24) is 10.2 Å². The molecule has 0 aliphatic carbocycles. The molecule has 132 valence electrons. The Hall–Kier alpha value is -2.41. The van der Waals surface area contributed by atoms with E-state index in [0.717, 1.165) is 10.0 Å². The molecular formula is C18H18BrFN2O3. The number of hydrogen-bond donors (Lipinski definition) is 1. The monoisotopic (exact) mass is 408 g/mol.